The Bertz CT molecular complexity index is 285. The molecule has 1 atom stereocenters. The van der Waals surface area contributed by atoms with Crippen LogP contribution in [0, 0.1) is 6.92 Å². The van der Waals surface area contributed by atoms with E-state index in [1.807, 2.05) is 18.7 Å². The number of aryl methyl sites for hydroxylation is 1. The second-order valence-electron chi connectivity index (χ2n) is 3.30. The summed E-state index contributed by atoms with van der Waals surface area (Å²) in [6.07, 6.45) is 0. The first-order valence-corrected chi connectivity index (χ1v) is 5.55. The van der Waals surface area contributed by atoms with Crippen LogP contribution >= 0.6 is 11.8 Å². The zero-order chi connectivity index (χ0) is 9.26. The molecule has 0 saturated carbocycles. The van der Waals surface area contributed by atoms with E-state index in [1.54, 1.807) is 0 Å². The molecule has 0 radical (unpaired) electrons. The summed E-state index contributed by atoms with van der Waals surface area (Å²) >= 11 is 1.96. The van der Waals surface area contributed by atoms with Crippen LogP contribution in [-0.2, 0) is 0 Å². The van der Waals surface area contributed by atoms with E-state index in [0.717, 1.165) is 0 Å². The molecule has 1 aliphatic rings. The monoisotopic (exact) mass is 199 g/mol. The minimum atomic E-state index is 0.173. The fourth-order valence-electron chi connectivity index (χ4n) is 1.25. The summed E-state index contributed by atoms with van der Waals surface area (Å²) in [6, 6.07) is 0.791. The van der Waals surface area contributed by atoms with Crippen LogP contribution in [0.25, 0.3) is 0 Å². The highest BCUT2D eigenvalue weighted by atomic mass is 32.2. The predicted octanol–water partition coefficient (Wildman–Crippen LogP) is 1.14. The van der Waals surface area contributed by atoms with Crippen LogP contribution in [0.1, 0.15) is 24.7 Å². The van der Waals surface area contributed by atoms with E-state index >= 15 is 0 Å². The van der Waals surface area contributed by atoms with Gasteiger partial charge >= 0.3 is 0 Å². The van der Waals surface area contributed by atoms with Gasteiger partial charge in [0.2, 0.25) is 5.89 Å². The third-order valence-electron chi connectivity index (χ3n) is 2.04. The summed E-state index contributed by atoms with van der Waals surface area (Å²) < 4.78 is 5.07. The largest absolute Gasteiger partial charge is 0.338 e. The zero-order valence-corrected chi connectivity index (χ0v) is 8.60. The number of hydrogen-bond acceptors (Lipinski definition) is 5. The van der Waals surface area contributed by atoms with E-state index in [9.17, 15) is 0 Å². The topological polar surface area (TPSA) is 51.0 Å². The Morgan fingerprint density at radius 2 is 2.38 bits per heavy atom. The number of hydrogen-bond donors (Lipinski definition) is 1. The molecule has 0 aliphatic carbocycles. The van der Waals surface area contributed by atoms with Crippen molar-refractivity contribution >= 4 is 11.8 Å². The van der Waals surface area contributed by atoms with Gasteiger partial charge in [-0.2, -0.15) is 16.7 Å². The van der Waals surface area contributed by atoms with Crippen molar-refractivity contribution in [2.24, 2.45) is 0 Å². The zero-order valence-electron chi connectivity index (χ0n) is 7.78. The molecule has 0 aromatic carbocycles. The van der Waals surface area contributed by atoms with Gasteiger partial charge in [0.25, 0.3) is 0 Å². The third-order valence-corrected chi connectivity index (χ3v) is 3.31. The third kappa shape index (κ3) is 2.03. The van der Waals surface area contributed by atoms with Crippen LogP contribution in [0.5, 0.6) is 0 Å². The number of rotatable bonds is 3. The molecule has 1 fully saturated rings. The molecule has 1 saturated heterocycles. The number of nitrogens with one attached hydrogen (secondary N) is 1. The fourth-order valence-corrected chi connectivity index (χ4v) is 1.91. The molecule has 13 heavy (non-hydrogen) atoms. The van der Waals surface area contributed by atoms with Crippen LogP contribution in [0.2, 0.25) is 0 Å². The van der Waals surface area contributed by atoms with E-state index in [1.165, 1.54) is 11.5 Å². The van der Waals surface area contributed by atoms with Crippen molar-refractivity contribution in [1.82, 2.24) is 15.5 Å². The van der Waals surface area contributed by atoms with E-state index in [4.69, 9.17) is 4.52 Å². The Morgan fingerprint density at radius 1 is 1.62 bits per heavy atom. The molecule has 0 amide bonds. The first-order chi connectivity index (χ1) is 6.25. The Morgan fingerprint density at radius 3 is 2.85 bits per heavy atom. The van der Waals surface area contributed by atoms with Crippen molar-refractivity contribution in [3.8, 4) is 0 Å². The van der Waals surface area contributed by atoms with E-state index < -0.39 is 0 Å². The van der Waals surface area contributed by atoms with Crippen molar-refractivity contribution in [1.29, 1.82) is 0 Å². The molecule has 2 heterocycles. The summed E-state index contributed by atoms with van der Waals surface area (Å²) in [6.45, 7) is 3.88. The van der Waals surface area contributed by atoms with E-state index in [-0.39, 0.29) is 6.04 Å². The maximum atomic E-state index is 5.07. The van der Waals surface area contributed by atoms with Crippen LogP contribution in [-0.4, -0.2) is 27.7 Å². The molecule has 0 spiro atoms. The highest BCUT2D eigenvalue weighted by Gasteiger charge is 2.22. The molecule has 1 aromatic heterocycles. The fraction of sp³-hybridized carbons (Fsp3) is 0.750. The SMILES string of the molecule is Cc1noc(C(C)NC2CSC2)n1. The van der Waals surface area contributed by atoms with Gasteiger partial charge in [-0.05, 0) is 13.8 Å². The van der Waals surface area contributed by atoms with E-state index in [0.29, 0.717) is 17.8 Å². The van der Waals surface area contributed by atoms with Gasteiger partial charge in [-0.3, -0.25) is 0 Å². The molecule has 4 nitrogen and oxygen atoms in total. The molecule has 72 valence electrons. The van der Waals surface area contributed by atoms with Crippen molar-refractivity contribution in [3.63, 3.8) is 0 Å². The average Bonchev–Trinajstić information content (AvgIpc) is 2.44. The van der Waals surface area contributed by atoms with Gasteiger partial charge in [0, 0.05) is 17.5 Å². The molecule has 1 aromatic rings. The van der Waals surface area contributed by atoms with Crippen LogP contribution in [0.4, 0.5) is 0 Å². The summed E-state index contributed by atoms with van der Waals surface area (Å²) in [5.74, 6) is 3.77. The first-order valence-electron chi connectivity index (χ1n) is 4.39. The van der Waals surface area contributed by atoms with Gasteiger partial charge in [0.1, 0.15) is 0 Å². The Labute approximate surface area is 81.5 Å². The molecule has 0 bridgehead atoms. The molecule has 1 aliphatic heterocycles. The summed E-state index contributed by atoms with van der Waals surface area (Å²) in [4.78, 5) is 4.17. The Balaban J connectivity index is 1.92. The lowest BCUT2D eigenvalue weighted by Gasteiger charge is -2.28. The predicted molar refractivity (Wildman–Crippen MR) is 51.7 cm³/mol. The lowest BCUT2D eigenvalue weighted by molar-refractivity contribution is 0.328. The lowest BCUT2D eigenvalue weighted by Crippen LogP contribution is -2.41. The number of thioether (sulfide) groups is 1. The Hall–Kier alpha value is -0.550. The number of nitrogens with zero attached hydrogens (tertiary/aromatic N) is 2. The van der Waals surface area contributed by atoms with Crippen molar-refractivity contribution < 1.29 is 4.52 Å². The normalized spacial score (nSPS) is 19.8. The number of aromatic nitrogens is 2. The standard InChI is InChI=1S/C8H13N3OS/c1-5(9-7-3-13-4-7)8-10-6(2)11-12-8/h5,7,9H,3-4H2,1-2H3. The summed E-state index contributed by atoms with van der Waals surface area (Å²) in [7, 11) is 0. The second-order valence-corrected chi connectivity index (χ2v) is 4.38. The summed E-state index contributed by atoms with van der Waals surface area (Å²) in [5, 5.41) is 7.19. The average molecular weight is 199 g/mol. The van der Waals surface area contributed by atoms with Gasteiger partial charge in [-0.15, -0.1) is 0 Å². The highest BCUT2D eigenvalue weighted by Crippen LogP contribution is 2.20. The van der Waals surface area contributed by atoms with E-state index in [2.05, 4.69) is 22.4 Å². The van der Waals surface area contributed by atoms with Crippen LogP contribution < -0.4 is 5.32 Å². The summed E-state index contributed by atoms with van der Waals surface area (Å²) in [5.41, 5.74) is 0. The minimum Gasteiger partial charge on any atom is -0.338 e. The van der Waals surface area contributed by atoms with Crippen molar-refractivity contribution in [2.45, 2.75) is 25.9 Å². The van der Waals surface area contributed by atoms with Gasteiger partial charge in [0.15, 0.2) is 5.82 Å². The van der Waals surface area contributed by atoms with Crippen molar-refractivity contribution in [2.75, 3.05) is 11.5 Å². The molecule has 2 rings (SSSR count). The molecular formula is C8H13N3OS. The molecule has 1 unspecified atom stereocenters. The Kier molecular flexibility index (Phi) is 2.55. The van der Waals surface area contributed by atoms with Crippen molar-refractivity contribution in [3.05, 3.63) is 11.7 Å². The maximum absolute atomic E-state index is 5.07. The second kappa shape index (κ2) is 3.67. The van der Waals surface area contributed by atoms with Gasteiger partial charge in [-0.25, -0.2) is 0 Å². The minimum absolute atomic E-state index is 0.173. The van der Waals surface area contributed by atoms with Gasteiger partial charge in [-0.1, -0.05) is 5.16 Å². The molecule has 1 N–H and O–H groups in total. The highest BCUT2D eigenvalue weighted by molar-refractivity contribution is 8.00. The quantitative estimate of drug-likeness (QED) is 0.791. The van der Waals surface area contributed by atoms with Gasteiger partial charge < -0.3 is 9.84 Å². The maximum Gasteiger partial charge on any atom is 0.243 e. The first kappa shape index (κ1) is 9.02. The van der Waals surface area contributed by atoms with Crippen LogP contribution in [0.3, 0.4) is 0 Å². The van der Waals surface area contributed by atoms with Gasteiger partial charge in [0.05, 0.1) is 6.04 Å². The molecule has 5 heteroatoms. The molecular weight excluding hydrogens is 186 g/mol. The van der Waals surface area contributed by atoms with Crippen LogP contribution in [0.15, 0.2) is 4.52 Å². The smallest absolute Gasteiger partial charge is 0.243 e. The lowest BCUT2D eigenvalue weighted by atomic mass is 10.2.